The Hall–Kier alpha value is -0.570. The maximum atomic E-state index is 10.5. The van der Waals surface area contributed by atoms with Crippen molar-refractivity contribution in [1.29, 1.82) is 0 Å². The van der Waals surface area contributed by atoms with E-state index in [4.69, 9.17) is 5.73 Å². The SMILES string of the molecule is CCCCCCCCCCCCCCCC(N)=O.CCCN(C)C. The molecule has 0 saturated heterocycles. The summed E-state index contributed by atoms with van der Waals surface area (Å²) in [7, 11) is 4.17. The summed E-state index contributed by atoms with van der Waals surface area (Å²) < 4.78 is 0. The van der Waals surface area contributed by atoms with Gasteiger partial charge in [0, 0.05) is 6.42 Å². The summed E-state index contributed by atoms with van der Waals surface area (Å²) in [6.45, 7) is 5.66. The number of hydrogen-bond donors (Lipinski definition) is 1. The number of hydrogen-bond acceptors (Lipinski definition) is 2. The lowest BCUT2D eigenvalue weighted by Crippen LogP contribution is -2.11. The zero-order chi connectivity index (χ0) is 18.5. The van der Waals surface area contributed by atoms with Gasteiger partial charge in [-0.25, -0.2) is 0 Å². The van der Waals surface area contributed by atoms with Crippen molar-refractivity contribution in [2.45, 2.75) is 110 Å². The van der Waals surface area contributed by atoms with Crippen LogP contribution in [0.25, 0.3) is 0 Å². The summed E-state index contributed by atoms with van der Waals surface area (Å²) >= 11 is 0. The van der Waals surface area contributed by atoms with Crippen molar-refractivity contribution in [3.63, 3.8) is 0 Å². The molecule has 24 heavy (non-hydrogen) atoms. The Morgan fingerprint density at radius 3 is 1.29 bits per heavy atom. The van der Waals surface area contributed by atoms with Crippen molar-refractivity contribution in [2.24, 2.45) is 5.73 Å². The fourth-order valence-corrected chi connectivity index (χ4v) is 2.76. The quantitative estimate of drug-likeness (QED) is 0.354. The number of amides is 1. The van der Waals surface area contributed by atoms with Gasteiger partial charge >= 0.3 is 0 Å². The van der Waals surface area contributed by atoms with Gasteiger partial charge in [0.05, 0.1) is 0 Å². The number of nitrogens with zero attached hydrogens (tertiary/aromatic N) is 1. The monoisotopic (exact) mass is 342 g/mol. The molecule has 0 aromatic rings. The van der Waals surface area contributed by atoms with E-state index in [1.165, 1.54) is 90.0 Å². The van der Waals surface area contributed by atoms with Crippen LogP contribution in [0.4, 0.5) is 0 Å². The van der Waals surface area contributed by atoms with E-state index in [0.717, 1.165) is 6.42 Å². The predicted molar refractivity (Wildman–Crippen MR) is 108 cm³/mol. The maximum Gasteiger partial charge on any atom is 0.217 e. The minimum Gasteiger partial charge on any atom is -0.370 e. The van der Waals surface area contributed by atoms with E-state index in [1.54, 1.807) is 0 Å². The molecule has 0 heterocycles. The highest BCUT2D eigenvalue weighted by molar-refractivity contribution is 5.73. The van der Waals surface area contributed by atoms with Crippen LogP contribution in [0.2, 0.25) is 0 Å². The van der Waals surface area contributed by atoms with Gasteiger partial charge in [-0.15, -0.1) is 0 Å². The normalized spacial score (nSPS) is 10.5. The molecule has 0 aliphatic rings. The fraction of sp³-hybridized carbons (Fsp3) is 0.952. The van der Waals surface area contributed by atoms with Gasteiger partial charge in [0.25, 0.3) is 0 Å². The summed E-state index contributed by atoms with van der Waals surface area (Å²) in [5, 5.41) is 0. The van der Waals surface area contributed by atoms with E-state index in [9.17, 15) is 4.79 Å². The van der Waals surface area contributed by atoms with Crippen molar-refractivity contribution < 1.29 is 4.79 Å². The highest BCUT2D eigenvalue weighted by atomic mass is 16.1. The standard InChI is InChI=1S/C16H33NO.C5H13N/c1-2-3-4-5-6-7-8-9-10-11-12-13-14-15-16(17)18;1-4-5-6(2)3/h2-15H2,1H3,(H2,17,18);4-5H2,1-3H3. The van der Waals surface area contributed by atoms with Crippen LogP contribution in [0.3, 0.4) is 0 Å². The van der Waals surface area contributed by atoms with Gasteiger partial charge < -0.3 is 10.6 Å². The third kappa shape index (κ3) is 29.4. The molecule has 0 aromatic carbocycles. The molecule has 0 aliphatic carbocycles. The number of rotatable bonds is 16. The molecule has 2 N–H and O–H groups in total. The Kier molecular flexibility index (Phi) is 24.0. The molecule has 0 radical (unpaired) electrons. The van der Waals surface area contributed by atoms with Crippen LogP contribution < -0.4 is 5.73 Å². The third-order valence-electron chi connectivity index (χ3n) is 4.20. The van der Waals surface area contributed by atoms with Crippen molar-refractivity contribution in [3.05, 3.63) is 0 Å². The van der Waals surface area contributed by atoms with Crippen molar-refractivity contribution >= 4 is 5.91 Å². The van der Waals surface area contributed by atoms with Crippen molar-refractivity contribution in [2.75, 3.05) is 20.6 Å². The van der Waals surface area contributed by atoms with Gasteiger partial charge in [0.2, 0.25) is 5.91 Å². The highest BCUT2D eigenvalue weighted by Crippen LogP contribution is 2.12. The Balaban J connectivity index is 0. The Bertz CT molecular complexity index is 242. The molecule has 0 rings (SSSR count). The number of primary amides is 1. The topological polar surface area (TPSA) is 46.3 Å². The van der Waals surface area contributed by atoms with Crippen LogP contribution >= 0.6 is 0 Å². The summed E-state index contributed by atoms with van der Waals surface area (Å²) in [6, 6.07) is 0. The number of carbonyl (C=O) groups excluding carboxylic acids is 1. The second-order valence-corrected chi connectivity index (χ2v) is 7.26. The molecule has 0 spiro atoms. The number of carbonyl (C=O) groups is 1. The van der Waals surface area contributed by atoms with Gasteiger partial charge in [-0.1, -0.05) is 90.9 Å². The first-order valence-electron chi connectivity index (χ1n) is 10.5. The first kappa shape index (κ1) is 25.7. The van der Waals surface area contributed by atoms with Crippen LogP contribution in [0, 0.1) is 0 Å². The molecule has 146 valence electrons. The maximum absolute atomic E-state index is 10.5. The van der Waals surface area contributed by atoms with Crippen molar-refractivity contribution in [3.8, 4) is 0 Å². The average Bonchev–Trinajstić information content (AvgIpc) is 2.52. The summed E-state index contributed by atoms with van der Waals surface area (Å²) in [5.74, 6) is -0.155. The van der Waals surface area contributed by atoms with E-state index in [-0.39, 0.29) is 5.91 Å². The lowest BCUT2D eigenvalue weighted by Gasteiger charge is -2.03. The fourth-order valence-electron chi connectivity index (χ4n) is 2.76. The summed E-state index contributed by atoms with van der Waals surface area (Å²) in [4.78, 5) is 12.7. The second kappa shape index (κ2) is 22.4. The molecule has 0 fully saturated rings. The van der Waals surface area contributed by atoms with E-state index in [2.05, 4.69) is 32.8 Å². The van der Waals surface area contributed by atoms with Gasteiger partial charge in [-0.3, -0.25) is 4.79 Å². The second-order valence-electron chi connectivity index (χ2n) is 7.26. The lowest BCUT2D eigenvalue weighted by molar-refractivity contribution is -0.118. The molecular formula is C21H46N2O. The van der Waals surface area contributed by atoms with Crippen LogP contribution in [0.15, 0.2) is 0 Å². The molecule has 0 aromatic heterocycles. The molecule has 3 nitrogen and oxygen atoms in total. The first-order chi connectivity index (χ1) is 11.5. The molecule has 0 bridgehead atoms. The minimum absolute atomic E-state index is 0.155. The molecule has 0 aliphatic heterocycles. The van der Waals surface area contributed by atoms with Crippen LogP contribution in [0.5, 0.6) is 0 Å². The van der Waals surface area contributed by atoms with Crippen molar-refractivity contribution in [1.82, 2.24) is 4.90 Å². The Labute approximate surface area is 152 Å². The minimum atomic E-state index is -0.155. The molecule has 1 amide bonds. The van der Waals surface area contributed by atoms with Crippen LogP contribution in [-0.2, 0) is 4.79 Å². The summed E-state index contributed by atoms with van der Waals surface area (Å²) in [6.07, 6.45) is 19.2. The number of unbranched alkanes of at least 4 members (excludes halogenated alkanes) is 12. The molecule has 3 heteroatoms. The van der Waals surface area contributed by atoms with Gasteiger partial charge in [-0.2, -0.15) is 0 Å². The summed E-state index contributed by atoms with van der Waals surface area (Å²) in [5.41, 5.74) is 5.09. The van der Waals surface area contributed by atoms with E-state index >= 15 is 0 Å². The van der Waals surface area contributed by atoms with Crippen LogP contribution in [0.1, 0.15) is 110 Å². The van der Waals surface area contributed by atoms with E-state index < -0.39 is 0 Å². The van der Waals surface area contributed by atoms with Crippen LogP contribution in [-0.4, -0.2) is 31.4 Å². The third-order valence-corrected chi connectivity index (χ3v) is 4.20. The van der Waals surface area contributed by atoms with E-state index in [1.807, 2.05) is 0 Å². The lowest BCUT2D eigenvalue weighted by atomic mass is 10.0. The molecule has 0 unspecified atom stereocenters. The largest absolute Gasteiger partial charge is 0.370 e. The predicted octanol–water partition coefficient (Wildman–Crippen LogP) is 5.91. The van der Waals surface area contributed by atoms with Gasteiger partial charge in [0.1, 0.15) is 0 Å². The zero-order valence-electron chi connectivity index (χ0n) is 17.2. The van der Waals surface area contributed by atoms with Gasteiger partial charge in [-0.05, 0) is 33.5 Å². The van der Waals surface area contributed by atoms with E-state index in [0.29, 0.717) is 6.42 Å². The number of nitrogens with two attached hydrogens (primary N) is 1. The molecule has 0 atom stereocenters. The molecule has 0 saturated carbocycles. The highest BCUT2D eigenvalue weighted by Gasteiger charge is 1.95. The smallest absolute Gasteiger partial charge is 0.217 e. The molecular weight excluding hydrogens is 296 g/mol. The Morgan fingerprint density at radius 2 is 1.04 bits per heavy atom. The zero-order valence-corrected chi connectivity index (χ0v) is 17.2. The Morgan fingerprint density at radius 1 is 0.667 bits per heavy atom. The van der Waals surface area contributed by atoms with Gasteiger partial charge in [0.15, 0.2) is 0 Å². The average molecular weight is 343 g/mol. The first-order valence-corrected chi connectivity index (χ1v) is 10.5.